The molecule has 0 bridgehead atoms. The molecule has 4 nitrogen and oxygen atoms in total. The third kappa shape index (κ3) is 10.1. The number of aliphatic hydroxyl groups excluding tert-OH is 1. The van der Waals surface area contributed by atoms with Crippen LogP contribution in [-0.4, -0.2) is 51.7 Å². The Bertz CT molecular complexity index is 140. The van der Waals surface area contributed by atoms with Gasteiger partial charge in [0.1, 0.15) is 0 Å². The van der Waals surface area contributed by atoms with Gasteiger partial charge in [0, 0.05) is 32.3 Å². The fourth-order valence-electron chi connectivity index (χ4n) is 1.03. The van der Waals surface area contributed by atoms with Crippen LogP contribution in [0.2, 0.25) is 0 Å². The minimum atomic E-state index is -0.0308. The molecule has 0 radical (unpaired) electrons. The first kappa shape index (κ1) is 14.8. The van der Waals surface area contributed by atoms with E-state index in [1.165, 1.54) is 0 Å². The summed E-state index contributed by atoms with van der Waals surface area (Å²) in [5, 5.41) is 12.3. The quantitative estimate of drug-likeness (QED) is 0.530. The second-order valence-electron chi connectivity index (χ2n) is 4.46. The van der Waals surface area contributed by atoms with Crippen molar-refractivity contribution in [3.63, 3.8) is 0 Å². The summed E-state index contributed by atoms with van der Waals surface area (Å²) < 4.78 is 10.2. The summed E-state index contributed by atoms with van der Waals surface area (Å²) in [7, 11) is 1.67. The lowest BCUT2D eigenvalue weighted by molar-refractivity contribution is 0.0690. The summed E-state index contributed by atoms with van der Waals surface area (Å²) in [5.74, 6) is 0. The lowest BCUT2D eigenvalue weighted by atomic mass is 9.95. The Morgan fingerprint density at radius 2 is 1.93 bits per heavy atom. The average Bonchev–Trinajstić information content (AvgIpc) is 2.22. The molecule has 0 atom stereocenters. The molecule has 0 aromatic carbocycles. The zero-order chi connectivity index (χ0) is 11.6. The van der Waals surface area contributed by atoms with E-state index in [0.717, 1.165) is 26.1 Å². The molecule has 0 heterocycles. The number of aliphatic hydroxyl groups is 1. The van der Waals surface area contributed by atoms with E-state index in [1.807, 2.05) is 13.8 Å². The van der Waals surface area contributed by atoms with Crippen molar-refractivity contribution in [1.82, 2.24) is 5.32 Å². The van der Waals surface area contributed by atoms with Crippen LogP contribution in [-0.2, 0) is 9.47 Å². The average molecular weight is 219 g/mol. The molecular formula is C11H25NO3. The van der Waals surface area contributed by atoms with Crippen LogP contribution in [0.25, 0.3) is 0 Å². The van der Waals surface area contributed by atoms with Gasteiger partial charge in [-0.3, -0.25) is 0 Å². The number of hydrogen-bond acceptors (Lipinski definition) is 4. The Kier molecular flexibility index (Phi) is 9.00. The molecule has 0 spiro atoms. The number of rotatable bonds is 10. The van der Waals surface area contributed by atoms with Gasteiger partial charge in [0.25, 0.3) is 0 Å². The fourth-order valence-corrected chi connectivity index (χ4v) is 1.03. The van der Waals surface area contributed by atoms with E-state index in [1.54, 1.807) is 7.11 Å². The van der Waals surface area contributed by atoms with E-state index in [-0.39, 0.29) is 12.0 Å². The Morgan fingerprint density at radius 1 is 1.20 bits per heavy atom. The fraction of sp³-hybridized carbons (Fsp3) is 1.00. The highest BCUT2D eigenvalue weighted by atomic mass is 16.5. The largest absolute Gasteiger partial charge is 0.396 e. The van der Waals surface area contributed by atoms with Crippen molar-refractivity contribution < 1.29 is 14.6 Å². The molecule has 0 aromatic heterocycles. The summed E-state index contributed by atoms with van der Waals surface area (Å²) in [5.41, 5.74) is -0.0308. The second-order valence-corrected chi connectivity index (χ2v) is 4.46. The predicted octanol–water partition coefficient (Wildman–Crippen LogP) is 0.648. The molecule has 0 unspecified atom stereocenters. The molecule has 0 aromatic rings. The highest BCUT2D eigenvalue weighted by molar-refractivity contribution is 4.69. The van der Waals surface area contributed by atoms with Crippen LogP contribution in [0, 0.1) is 5.41 Å². The van der Waals surface area contributed by atoms with Crippen molar-refractivity contribution >= 4 is 0 Å². The van der Waals surface area contributed by atoms with Crippen molar-refractivity contribution in [3.8, 4) is 0 Å². The van der Waals surface area contributed by atoms with Gasteiger partial charge in [0.05, 0.1) is 13.2 Å². The van der Waals surface area contributed by atoms with Gasteiger partial charge in [-0.25, -0.2) is 0 Å². The molecule has 0 saturated carbocycles. The van der Waals surface area contributed by atoms with E-state index in [9.17, 15) is 0 Å². The molecule has 92 valence electrons. The minimum absolute atomic E-state index is 0.0308. The summed E-state index contributed by atoms with van der Waals surface area (Å²) in [6.07, 6.45) is 0.991. The highest BCUT2D eigenvalue weighted by Crippen LogP contribution is 2.10. The van der Waals surface area contributed by atoms with Crippen LogP contribution < -0.4 is 5.32 Å². The molecule has 0 aliphatic carbocycles. The van der Waals surface area contributed by atoms with Crippen LogP contribution in [0.15, 0.2) is 0 Å². The van der Waals surface area contributed by atoms with Crippen LogP contribution in [0.1, 0.15) is 20.3 Å². The molecule has 0 aliphatic rings. The van der Waals surface area contributed by atoms with Gasteiger partial charge in [-0.05, 0) is 13.0 Å². The minimum Gasteiger partial charge on any atom is -0.396 e. The van der Waals surface area contributed by atoms with E-state index >= 15 is 0 Å². The molecule has 2 N–H and O–H groups in total. The molecule has 0 saturated heterocycles. The van der Waals surface area contributed by atoms with Gasteiger partial charge in [0.15, 0.2) is 0 Å². The van der Waals surface area contributed by atoms with Gasteiger partial charge in [-0.2, -0.15) is 0 Å². The highest BCUT2D eigenvalue weighted by Gasteiger charge is 2.14. The van der Waals surface area contributed by atoms with Crippen LogP contribution >= 0.6 is 0 Å². The zero-order valence-electron chi connectivity index (χ0n) is 10.2. The normalized spacial score (nSPS) is 12.0. The third-order valence-corrected chi connectivity index (χ3v) is 2.11. The van der Waals surface area contributed by atoms with E-state index < -0.39 is 0 Å². The summed E-state index contributed by atoms with van der Waals surface area (Å²) in [4.78, 5) is 0. The second kappa shape index (κ2) is 9.09. The maximum atomic E-state index is 9.02. The smallest absolute Gasteiger partial charge is 0.0700 e. The molecule has 0 fully saturated rings. The van der Waals surface area contributed by atoms with Crippen LogP contribution in [0.5, 0.6) is 0 Å². The van der Waals surface area contributed by atoms with Crippen molar-refractivity contribution in [1.29, 1.82) is 0 Å². The van der Waals surface area contributed by atoms with Gasteiger partial charge in [-0.1, -0.05) is 13.8 Å². The monoisotopic (exact) mass is 219 g/mol. The van der Waals surface area contributed by atoms with Gasteiger partial charge in [0.2, 0.25) is 0 Å². The van der Waals surface area contributed by atoms with Crippen molar-refractivity contribution in [2.75, 3.05) is 46.6 Å². The zero-order valence-corrected chi connectivity index (χ0v) is 10.2. The number of nitrogens with one attached hydrogen (secondary N) is 1. The van der Waals surface area contributed by atoms with Crippen LogP contribution in [0.3, 0.4) is 0 Å². The topological polar surface area (TPSA) is 50.7 Å². The molecule has 15 heavy (non-hydrogen) atoms. The van der Waals surface area contributed by atoms with Crippen molar-refractivity contribution in [3.05, 3.63) is 0 Å². The summed E-state index contributed by atoms with van der Waals surface area (Å²) >= 11 is 0. The molecule has 0 rings (SSSR count). The van der Waals surface area contributed by atoms with Crippen molar-refractivity contribution in [2.24, 2.45) is 5.41 Å². The Morgan fingerprint density at radius 3 is 2.53 bits per heavy atom. The van der Waals surface area contributed by atoms with Gasteiger partial charge in [-0.15, -0.1) is 0 Å². The van der Waals surface area contributed by atoms with E-state index in [0.29, 0.717) is 13.2 Å². The Labute approximate surface area is 93.0 Å². The van der Waals surface area contributed by atoms with Crippen molar-refractivity contribution in [2.45, 2.75) is 20.3 Å². The first-order valence-electron chi connectivity index (χ1n) is 5.50. The van der Waals surface area contributed by atoms with E-state index in [4.69, 9.17) is 14.6 Å². The van der Waals surface area contributed by atoms with Gasteiger partial charge < -0.3 is 19.9 Å². The van der Waals surface area contributed by atoms with Crippen LogP contribution in [0.4, 0.5) is 0 Å². The standard InChI is InChI=1S/C11H25NO3/c1-11(2,10-13)9-12-5-4-6-15-8-7-14-3/h12-13H,4-10H2,1-3H3. The molecule has 0 aliphatic heterocycles. The Balaban J connectivity index is 3.11. The van der Waals surface area contributed by atoms with Gasteiger partial charge >= 0.3 is 0 Å². The first-order chi connectivity index (χ1) is 7.12. The predicted molar refractivity (Wildman–Crippen MR) is 61.0 cm³/mol. The maximum Gasteiger partial charge on any atom is 0.0700 e. The lowest BCUT2D eigenvalue weighted by Gasteiger charge is -2.21. The number of methoxy groups -OCH3 is 1. The SMILES string of the molecule is COCCOCCCNCC(C)(C)CO. The first-order valence-corrected chi connectivity index (χ1v) is 5.50. The summed E-state index contributed by atoms with van der Waals surface area (Å²) in [6, 6.07) is 0. The number of ether oxygens (including phenoxy) is 2. The Hall–Kier alpha value is -0.160. The third-order valence-electron chi connectivity index (χ3n) is 2.11. The summed E-state index contributed by atoms with van der Waals surface area (Å²) in [6.45, 7) is 8.13. The molecule has 0 amide bonds. The molecular weight excluding hydrogens is 194 g/mol. The number of hydrogen-bond donors (Lipinski definition) is 2. The molecule has 4 heteroatoms. The lowest BCUT2D eigenvalue weighted by Crippen LogP contribution is -2.33. The maximum absolute atomic E-state index is 9.02. The van der Waals surface area contributed by atoms with E-state index in [2.05, 4.69) is 5.32 Å².